The molecule has 5 heteroatoms. The fraction of sp³-hybridized carbons (Fsp3) is 0. The molecule has 0 bridgehead atoms. The molecule has 0 unspecified atom stereocenters. The van der Waals surface area contributed by atoms with E-state index < -0.39 is 11.8 Å². The van der Waals surface area contributed by atoms with Crippen molar-refractivity contribution in [2.75, 3.05) is 0 Å². The van der Waals surface area contributed by atoms with Crippen molar-refractivity contribution in [2.24, 2.45) is 9.98 Å². The van der Waals surface area contributed by atoms with Crippen molar-refractivity contribution in [3.8, 4) is 0 Å². The molecule has 1 N–H and O–H groups in total. The van der Waals surface area contributed by atoms with E-state index in [1.165, 1.54) is 0 Å². The lowest BCUT2D eigenvalue weighted by atomic mass is 10.5. The van der Waals surface area contributed by atoms with Crippen LogP contribution in [0, 0.1) is 0 Å². The van der Waals surface area contributed by atoms with Gasteiger partial charge in [0, 0.05) is 6.20 Å². The van der Waals surface area contributed by atoms with E-state index in [-0.39, 0.29) is 0 Å². The standard InChI is InChI=1S/C6H3N3O2/c10-5-6(11)9-4-3(8-5)1-2-7-4/h1-2H,(H,7,9,11). The maximum atomic E-state index is 10.6. The molecule has 0 radical (unpaired) electrons. The molecule has 2 amide bonds. The van der Waals surface area contributed by atoms with Crippen molar-refractivity contribution in [1.29, 1.82) is 0 Å². The molecule has 0 saturated heterocycles. The van der Waals surface area contributed by atoms with Crippen LogP contribution in [-0.2, 0) is 9.59 Å². The summed E-state index contributed by atoms with van der Waals surface area (Å²) in [7, 11) is 0. The van der Waals surface area contributed by atoms with Gasteiger partial charge in [-0.15, -0.1) is 0 Å². The Morgan fingerprint density at radius 3 is 2.73 bits per heavy atom. The number of fused-ring (bicyclic) bond motifs is 1. The molecule has 0 fully saturated rings. The third-order valence-corrected chi connectivity index (χ3v) is 1.32. The minimum absolute atomic E-state index is 0.356. The molecular formula is C6H3N3O2. The predicted molar refractivity (Wildman–Crippen MR) is 33.1 cm³/mol. The predicted octanol–water partition coefficient (Wildman–Crippen LogP) is -1.68. The summed E-state index contributed by atoms with van der Waals surface area (Å²) in [6, 6.07) is 1.59. The van der Waals surface area contributed by atoms with Crippen LogP contribution in [-0.4, -0.2) is 16.8 Å². The van der Waals surface area contributed by atoms with E-state index in [0.29, 0.717) is 10.8 Å². The van der Waals surface area contributed by atoms with Crippen LogP contribution in [0.25, 0.3) is 0 Å². The Bertz CT molecular complexity index is 402. The summed E-state index contributed by atoms with van der Waals surface area (Å²) in [6.07, 6.45) is 1.57. The molecule has 0 spiro atoms. The van der Waals surface area contributed by atoms with Crippen molar-refractivity contribution in [2.45, 2.75) is 0 Å². The first-order valence-corrected chi connectivity index (χ1v) is 2.96. The van der Waals surface area contributed by atoms with Crippen LogP contribution in [0.3, 0.4) is 0 Å². The highest BCUT2D eigenvalue weighted by atomic mass is 16.2. The summed E-state index contributed by atoms with van der Waals surface area (Å²) in [5, 5.41) is 0.426. The normalized spacial score (nSPS) is 15.3. The van der Waals surface area contributed by atoms with Gasteiger partial charge in [0.2, 0.25) is 0 Å². The lowest BCUT2D eigenvalue weighted by molar-refractivity contribution is -0.135. The molecule has 1 aliphatic heterocycles. The highest BCUT2D eigenvalue weighted by Gasteiger charge is 2.14. The lowest BCUT2D eigenvalue weighted by Gasteiger charge is -1.89. The molecule has 0 aromatic carbocycles. The highest BCUT2D eigenvalue weighted by molar-refractivity contribution is 6.36. The molecule has 1 aromatic heterocycles. The first kappa shape index (κ1) is 5.96. The summed E-state index contributed by atoms with van der Waals surface area (Å²) in [4.78, 5) is 30.9. The largest absolute Gasteiger partial charge is 0.345 e. The Labute approximate surface area is 60.5 Å². The number of nitrogens with zero attached hydrogens (tertiary/aromatic N) is 2. The molecule has 2 rings (SSSR count). The Kier molecular flexibility index (Phi) is 1.00. The molecule has 0 aliphatic carbocycles. The second-order valence-electron chi connectivity index (χ2n) is 2.05. The van der Waals surface area contributed by atoms with Gasteiger partial charge < -0.3 is 4.98 Å². The molecule has 5 nitrogen and oxygen atoms in total. The Morgan fingerprint density at radius 1 is 1.18 bits per heavy atom. The second-order valence-corrected chi connectivity index (χ2v) is 2.05. The molecule has 2 heterocycles. The fourth-order valence-corrected chi connectivity index (χ4v) is 0.839. The summed E-state index contributed by atoms with van der Waals surface area (Å²) in [6.45, 7) is 0. The van der Waals surface area contributed by atoms with Gasteiger partial charge in [-0.2, -0.15) is 4.99 Å². The van der Waals surface area contributed by atoms with Gasteiger partial charge in [0.15, 0.2) is 5.49 Å². The Hall–Kier alpha value is -1.78. The minimum atomic E-state index is -0.819. The van der Waals surface area contributed by atoms with E-state index >= 15 is 0 Å². The van der Waals surface area contributed by atoms with Crippen molar-refractivity contribution >= 4 is 11.8 Å². The number of amides is 2. The summed E-state index contributed by atoms with van der Waals surface area (Å²) < 4.78 is 0. The molecule has 1 aromatic rings. The van der Waals surface area contributed by atoms with E-state index in [0.717, 1.165) is 0 Å². The average Bonchev–Trinajstić information content (AvgIpc) is 2.36. The van der Waals surface area contributed by atoms with Crippen molar-refractivity contribution in [3.05, 3.63) is 23.1 Å². The topological polar surface area (TPSA) is 74.7 Å². The van der Waals surface area contributed by atoms with E-state index in [1.54, 1.807) is 12.3 Å². The van der Waals surface area contributed by atoms with Crippen LogP contribution in [0.1, 0.15) is 0 Å². The third-order valence-electron chi connectivity index (χ3n) is 1.32. The minimum Gasteiger partial charge on any atom is -0.345 e. The van der Waals surface area contributed by atoms with Gasteiger partial charge in [-0.25, -0.2) is 4.99 Å². The zero-order valence-corrected chi connectivity index (χ0v) is 5.37. The van der Waals surface area contributed by atoms with Crippen LogP contribution in [0.5, 0.6) is 0 Å². The van der Waals surface area contributed by atoms with Crippen molar-refractivity contribution in [3.63, 3.8) is 0 Å². The second kappa shape index (κ2) is 1.85. The van der Waals surface area contributed by atoms with Gasteiger partial charge in [0.05, 0.1) is 0 Å². The molecule has 1 aliphatic rings. The van der Waals surface area contributed by atoms with Gasteiger partial charge in [-0.3, -0.25) is 9.59 Å². The third kappa shape index (κ3) is 0.778. The molecule has 54 valence electrons. The maximum absolute atomic E-state index is 10.6. The number of carbonyl (C=O) groups excluding carboxylic acids is 2. The zero-order chi connectivity index (χ0) is 7.84. The highest BCUT2D eigenvalue weighted by Crippen LogP contribution is 1.82. The molecular weight excluding hydrogens is 146 g/mol. The Morgan fingerprint density at radius 2 is 1.91 bits per heavy atom. The number of hydrogen-bond donors (Lipinski definition) is 1. The number of aromatic amines is 1. The number of aromatic nitrogens is 1. The number of carbonyl (C=O) groups is 2. The van der Waals surface area contributed by atoms with Crippen LogP contribution < -0.4 is 10.8 Å². The van der Waals surface area contributed by atoms with Crippen LogP contribution >= 0.6 is 0 Å². The monoisotopic (exact) mass is 149 g/mol. The van der Waals surface area contributed by atoms with E-state index in [9.17, 15) is 9.59 Å². The van der Waals surface area contributed by atoms with Gasteiger partial charge >= 0.3 is 11.8 Å². The van der Waals surface area contributed by atoms with Gasteiger partial charge in [-0.05, 0) is 6.07 Å². The van der Waals surface area contributed by atoms with Crippen molar-refractivity contribution < 1.29 is 9.59 Å². The number of H-pyrrole nitrogens is 1. The maximum Gasteiger partial charge on any atom is 0.339 e. The van der Waals surface area contributed by atoms with Gasteiger partial charge in [0.1, 0.15) is 5.36 Å². The molecule has 11 heavy (non-hydrogen) atoms. The molecule has 0 saturated carbocycles. The first-order valence-electron chi connectivity index (χ1n) is 2.96. The van der Waals surface area contributed by atoms with E-state index in [4.69, 9.17) is 0 Å². The van der Waals surface area contributed by atoms with Crippen LogP contribution in [0.15, 0.2) is 22.2 Å². The van der Waals surface area contributed by atoms with Crippen molar-refractivity contribution in [1.82, 2.24) is 4.98 Å². The first-order chi connectivity index (χ1) is 5.27. The zero-order valence-electron chi connectivity index (χ0n) is 5.37. The van der Waals surface area contributed by atoms with Gasteiger partial charge in [0.25, 0.3) is 0 Å². The average molecular weight is 149 g/mol. The van der Waals surface area contributed by atoms with Gasteiger partial charge in [-0.1, -0.05) is 0 Å². The Balaban J connectivity index is 2.89. The van der Waals surface area contributed by atoms with E-state index in [2.05, 4.69) is 15.0 Å². The number of hydrogen-bond acceptors (Lipinski definition) is 2. The summed E-state index contributed by atoms with van der Waals surface area (Å²) >= 11 is 0. The number of nitrogens with one attached hydrogen (secondary N) is 1. The van der Waals surface area contributed by atoms with Crippen LogP contribution in [0.2, 0.25) is 0 Å². The quantitative estimate of drug-likeness (QED) is 0.447. The summed E-state index contributed by atoms with van der Waals surface area (Å²) in [5.41, 5.74) is 0.356. The van der Waals surface area contributed by atoms with E-state index in [1.807, 2.05) is 0 Å². The molecule has 0 atom stereocenters. The lowest BCUT2D eigenvalue weighted by Crippen LogP contribution is -2.33. The van der Waals surface area contributed by atoms with Crippen LogP contribution in [0.4, 0.5) is 0 Å². The summed E-state index contributed by atoms with van der Waals surface area (Å²) in [5.74, 6) is -1.63. The SMILES string of the molecule is O=C1N=c2cc[nH]c2=NC1=O. The fourth-order valence-electron chi connectivity index (χ4n) is 0.839. The smallest absolute Gasteiger partial charge is 0.339 e. The number of rotatable bonds is 0.